The fourth-order valence-electron chi connectivity index (χ4n) is 0.931. The molecule has 0 aliphatic carbocycles. The first-order chi connectivity index (χ1) is 6.63. The lowest BCUT2D eigenvalue weighted by atomic mass is 10.2. The van der Waals surface area contributed by atoms with Crippen molar-refractivity contribution in [2.45, 2.75) is 0 Å². The molecule has 1 aromatic rings. The molecule has 0 saturated carbocycles. The first-order valence-corrected chi connectivity index (χ1v) is 4.67. The van der Waals surface area contributed by atoms with Crippen molar-refractivity contribution in [1.29, 1.82) is 0 Å². The predicted molar refractivity (Wildman–Crippen MR) is 57.4 cm³/mol. The smallest absolute Gasteiger partial charge is 0.328 e. The van der Waals surface area contributed by atoms with Crippen LogP contribution in [0.4, 0.5) is 0 Å². The van der Waals surface area contributed by atoms with Gasteiger partial charge in [-0.1, -0.05) is 22.0 Å². The Morgan fingerprint density at radius 2 is 2.29 bits per heavy atom. The molecule has 0 fully saturated rings. The molecule has 0 aliphatic heterocycles. The van der Waals surface area contributed by atoms with Gasteiger partial charge in [0.25, 0.3) is 0 Å². The van der Waals surface area contributed by atoms with Crippen molar-refractivity contribution in [3.63, 3.8) is 0 Å². The van der Waals surface area contributed by atoms with Crippen LogP contribution < -0.4 is 4.74 Å². The molecule has 4 heteroatoms. The van der Waals surface area contributed by atoms with Crippen molar-refractivity contribution in [2.24, 2.45) is 0 Å². The topological polar surface area (TPSA) is 46.5 Å². The van der Waals surface area contributed by atoms with E-state index >= 15 is 0 Å². The van der Waals surface area contributed by atoms with Crippen LogP contribution in [0.2, 0.25) is 0 Å². The Balaban J connectivity index is 2.94. The van der Waals surface area contributed by atoms with Crippen LogP contribution in [0.25, 0.3) is 6.08 Å². The number of benzene rings is 1. The monoisotopic (exact) mass is 256 g/mol. The van der Waals surface area contributed by atoms with E-state index in [0.717, 1.165) is 21.9 Å². The third-order valence-corrected chi connectivity index (χ3v) is 2.30. The minimum atomic E-state index is -0.965. The number of aliphatic carboxylic acids is 1. The van der Waals surface area contributed by atoms with Crippen molar-refractivity contribution in [1.82, 2.24) is 0 Å². The number of methoxy groups -OCH3 is 1. The SMILES string of the molecule is COc1ccc(C=CC(=O)O)c(Br)c1. The Kier molecular flexibility index (Phi) is 3.71. The molecule has 0 aromatic heterocycles. The number of rotatable bonds is 3. The second kappa shape index (κ2) is 4.81. The quantitative estimate of drug-likeness (QED) is 0.846. The van der Waals surface area contributed by atoms with E-state index in [1.807, 2.05) is 0 Å². The summed E-state index contributed by atoms with van der Waals surface area (Å²) < 4.78 is 5.81. The van der Waals surface area contributed by atoms with Gasteiger partial charge in [-0.15, -0.1) is 0 Å². The number of halogens is 1. The van der Waals surface area contributed by atoms with E-state index < -0.39 is 5.97 Å². The summed E-state index contributed by atoms with van der Waals surface area (Å²) in [5.41, 5.74) is 0.799. The largest absolute Gasteiger partial charge is 0.497 e. The first-order valence-electron chi connectivity index (χ1n) is 3.88. The minimum Gasteiger partial charge on any atom is -0.497 e. The Morgan fingerprint density at radius 3 is 2.79 bits per heavy atom. The maximum absolute atomic E-state index is 10.3. The van der Waals surface area contributed by atoms with Gasteiger partial charge in [-0.05, 0) is 23.8 Å². The molecule has 0 amide bonds. The molecule has 3 nitrogen and oxygen atoms in total. The average Bonchev–Trinajstić information content (AvgIpc) is 2.15. The highest BCUT2D eigenvalue weighted by molar-refractivity contribution is 9.10. The van der Waals surface area contributed by atoms with E-state index in [2.05, 4.69) is 15.9 Å². The second-order valence-electron chi connectivity index (χ2n) is 2.56. The summed E-state index contributed by atoms with van der Waals surface area (Å²) >= 11 is 3.31. The Labute approximate surface area is 90.1 Å². The number of ether oxygens (including phenoxy) is 1. The Morgan fingerprint density at radius 1 is 1.57 bits per heavy atom. The molecule has 0 bridgehead atoms. The van der Waals surface area contributed by atoms with Crippen molar-refractivity contribution in [2.75, 3.05) is 7.11 Å². The van der Waals surface area contributed by atoms with Gasteiger partial charge in [0, 0.05) is 10.5 Å². The normalized spacial score (nSPS) is 10.4. The van der Waals surface area contributed by atoms with E-state index in [-0.39, 0.29) is 0 Å². The molecule has 0 radical (unpaired) electrons. The van der Waals surface area contributed by atoms with Crippen LogP contribution in [-0.2, 0) is 4.79 Å². The van der Waals surface area contributed by atoms with Crippen LogP contribution in [-0.4, -0.2) is 18.2 Å². The average molecular weight is 257 g/mol. The third kappa shape index (κ3) is 2.88. The molecule has 1 aromatic carbocycles. The predicted octanol–water partition coefficient (Wildman–Crippen LogP) is 2.56. The zero-order valence-electron chi connectivity index (χ0n) is 7.53. The summed E-state index contributed by atoms with van der Waals surface area (Å²) in [6.45, 7) is 0. The highest BCUT2D eigenvalue weighted by Gasteiger charge is 1.98. The van der Waals surface area contributed by atoms with Gasteiger partial charge in [0.1, 0.15) is 5.75 Å². The standard InChI is InChI=1S/C10H9BrO3/c1-14-8-4-2-7(9(11)6-8)3-5-10(12)13/h2-6H,1H3,(H,12,13). The van der Waals surface area contributed by atoms with Gasteiger partial charge in [0.2, 0.25) is 0 Å². The van der Waals surface area contributed by atoms with Crippen molar-refractivity contribution in [3.05, 3.63) is 34.3 Å². The van der Waals surface area contributed by atoms with Crippen LogP contribution in [0.5, 0.6) is 5.75 Å². The summed E-state index contributed by atoms with van der Waals surface area (Å²) in [7, 11) is 1.58. The van der Waals surface area contributed by atoms with E-state index in [4.69, 9.17) is 9.84 Å². The molecule has 0 heterocycles. The van der Waals surface area contributed by atoms with Gasteiger partial charge in [-0.3, -0.25) is 0 Å². The molecule has 1 rings (SSSR count). The van der Waals surface area contributed by atoms with Crippen LogP contribution in [0.1, 0.15) is 5.56 Å². The third-order valence-electron chi connectivity index (χ3n) is 1.61. The summed E-state index contributed by atoms with van der Waals surface area (Å²) in [6, 6.07) is 5.33. The Hall–Kier alpha value is -1.29. The van der Waals surface area contributed by atoms with Gasteiger partial charge in [-0.25, -0.2) is 4.79 Å². The summed E-state index contributed by atoms with van der Waals surface area (Å²) in [6.07, 6.45) is 2.61. The van der Waals surface area contributed by atoms with Gasteiger partial charge in [0.15, 0.2) is 0 Å². The molecule has 0 spiro atoms. The highest BCUT2D eigenvalue weighted by atomic mass is 79.9. The van der Waals surface area contributed by atoms with Gasteiger partial charge < -0.3 is 9.84 Å². The molecule has 0 atom stereocenters. The lowest BCUT2D eigenvalue weighted by Crippen LogP contribution is -1.87. The highest BCUT2D eigenvalue weighted by Crippen LogP contribution is 2.23. The Bertz CT molecular complexity index is 372. The van der Waals surface area contributed by atoms with Crippen LogP contribution >= 0.6 is 15.9 Å². The van der Waals surface area contributed by atoms with Gasteiger partial charge in [-0.2, -0.15) is 0 Å². The number of carboxylic acids is 1. The van der Waals surface area contributed by atoms with E-state index in [1.54, 1.807) is 25.3 Å². The molecular weight excluding hydrogens is 248 g/mol. The molecule has 0 aliphatic rings. The van der Waals surface area contributed by atoms with Crippen molar-refractivity contribution >= 4 is 28.0 Å². The van der Waals surface area contributed by atoms with Crippen LogP contribution in [0.3, 0.4) is 0 Å². The summed E-state index contributed by atoms with van der Waals surface area (Å²) in [5.74, 6) is -0.239. The maximum atomic E-state index is 10.3. The fourth-order valence-corrected chi connectivity index (χ4v) is 1.42. The van der Waals surface area contributed by atoms with E-state index in [0.29, 0.717) is 0 Å². The number of carbonyl (C=O) groups is 1. The zero-order valence-corrected chi connectivity index (χ0v) is 9.11. The molecular formula is C10H9BrO3. The zero-order chi connectivity index (χ0) is 10.6. The fraction of sp³-hybridized carbons (Fsp3) is 0.100. The summed E-state index contributed by atoms with van der Waals surface area (Å²) in [4.78, 5) is 10.3. The maximum Gasteiger partial charge on any atom is 0.328 e. The lowest BCUT2D eigenvalue weighted by Gasteiger charge is -2.02. The molecule has 1 N–H and O–H groups in total. The first kappa shape index (κ1) is 10.8. The number of hydrogen-bond acceptors (Lipinski definition) is 2. The van der Waals surface area contributed by atoms with Crippen LogP contribution in [0, 0.1) is 0 Å². The summed E-state index contributed by atoms with van der Waals surface area (Å²) in [5, 5.41) is 8.44. The second-order valence-corrected chi connectivity index (χ2v) is 3.41. The van der Waals surface area contributed by atoms with E-state index in [9.17, 15) is 4.79 Å². The van der Waals surface area contributed by atoms with Gasteiger partial charge in [0.05, 0.1) is 7.11 Å². The number of hydrogen-bond donors (Lipinski definition) is 1. The molecule has 0 saturated heterocycles. The van der Waals surface area contributed by atoms with Crippen molar-refractivity contribution < 1.29 is 14.6 Å². The van der Waals surface area contributed by atoms with Crippen molar-refractivity contribution in [3.8, 4) is 5.75 Å². The molecule has 14 heavy (non-hydrogen) atoms. The van der Waals surface area contributed by atoms with Crippen LogP contribution in [0.15, 0.2) is 28.7 Å². The number of carboxylic acid groups (broad SMARTS) is 1. The lowest BCUT2D eigenvalue weighted by molar-refractivity contribution is -0.131. The molecule has 74 valence electrons. The van der Waals surface area contributed by atoms with Gasteiger partial charge >= 0.3 is 5.97 Å². The minimum absolute atomic E-state index is 0.726. The van der Waals surface area contributed by atoms with E-state index in [1.165, 1.54) is 6.08 Å². The molecule has 0 unspecified atom stereocenters.